The van der Waals surface area contributed by atoms with Crippen molar-refractivity contribution in [1.82, 2.24) is 9.13 Å². The molecule has 0 radical (unpaired) electrons. The summed E-state index contributed by atoms with van der Waals surface area (Å²) in [7, 11) is 0. The highest BCUT2D eigenvalue weighted by Crippen LogP contribution is 2.43. The normalized spacial score (nSPS) is 11.9. The predicted molar refractivity (Wildman–Crippen MR) is 225 cm³/mol. The van der Waals surface area contributed by atoms with Crippen molar-refractivity contribution in [3.63, 3.8) is 0 Å². The van der Waals surface area contributed by atoms with Crippen LogP contribution in [0, 0.1) is 22.7 Å². The molecule has 0 saturated heterocycles. The molecule has 0 aliphatic heterocycles. The van der Waals surface area contributed by atoms with Crippen LogP contribution in [0.15, 0.2) is 167 Å². The van der Waals surface area contributed by atoms with E-state index in [1.807, 2.05) is 42.5 Å². The zero-order valence-electron chi connectivity index (χ0n) is 29.6. The van der Waals surface area contributed by atoms with E-state index in [4.69, 9.17) is 8.83 Å². The van der Waals surface area contributed by atoms with Crippen molar-refractivity contribution >= 4 is 87.5 Å². The summed E-state index contributed by atoms with van der Waals surface area (Å²) in [4.78, 5) is 0. The number of nitrogens with zero attached hydrogens (tertiary/aromatic N) is 4. The summed E-state index contributed by atoms with van der Waals surface area (Å²) in [6.45, 7) is 0. The van der Waals surface area contributed by atoms with Crippen molar-refractivity contribution in [1.29, 1.82) is 10.5 Å². The van der Waals surface area contributed by atoms with Gasteiger partial charge in [-0.15, -0.1) is 0 Å². The van der Waals surface area contributed by atoms with Crippen LogP contribution in [-0.2, 0) is 0 Å². The molecule has 4 aromatic heterocycles. The fourth-order valence-electron chi connectivity index (χ4n) is 8.84. The molecule has 0 amide bonds. The quantitative estimate of drug-likeness (QED) is 0.182. The lowest BCUT2D eigenvalue weighted by atomic mass is 10.00. The smallest absolute Gasteiger partial charge is 0.137 e. The van der Waals surface area contributed by atoms with Gasteiger partial charge in [-0.25, -0.2) is 0 Å². The number of nitriles is 2. The highest BCUT2D eigenvalue weighted by Gasteiger charge is 2.21. The SMILES string of the molecule is N#Cc1ccc(-n2c3ccc(-c4ccc5c(c4)c4cc6c(cc4n5-c4ccccc4)oc4ccccc46)cc3c3cc4c(cc32)oc2ccccc24)c(C#N)c1. The maximum Gasteiger partial charge on any atom is 0.137 e. The van der Waals surface area contributed by atoms with Crippen molar-refractivity contribution in [2.24, 2.45) is 0 Å². The summed E-state index contributed by atoms with van der Waals surface area (Å²) in [6, 6.07) is 58.7. The second-order valence-electron chi connectivity index (χ2n) is 14.4. The monoisotopic (exact) mass is 714 g/mol. The van der Waals surface area contributed by atoms with Crippen molar-refractivity contribution < 1.29 is 8.83 Å². The van der Waals surface area contributed by atoms with Crippen LogP contribution in [0.4, 0.5) is 0 Å². The van der Waals surface area contributed by atoms with Crippen LogP contribution in [0.25, 0.3) is 110 Å². The molecule has 0 aliphatic rings. The molecule has 0 spiro atoms. The molecule has 8 aromatic carbocycles. The van der Waals surface area contributed by atoms with Crippen LogP contribution in [-0.4, -0.2) is 9.13 Å². The van der Waals surface area contributed by atoms with E-state index in [9.17, 15) is 10.5 Å². The van der Waals surface area contributed by atoms with Crippen LogP contribution in [0.3, 0.4) is 0 Å². The first-order valence-corrected chi connectivity index (χ1v) is 18.4. The first-order valence-electron chi connectivity index (χ1n) is 18.4. The first-order chi connectivity index (χ1) is 27.6. The third kappa shape index (κ3) is 4.18. The fourth-order valence-corrected chi connectivity index (χ4v) is 8.84. The van der Waals surface area contributed by atoms with Crippen LogP contribution in [0.1, 0.15) is 11.1 Å². The number of hydrogen-bond acceptors (Lipinski definition) is 4. The average Bonchev–Trinajstić information content (AvgIpc) is 3.98. The standard InChI is InChI=1S/C50H26N4O2/c51-27-29-14-17-42(32(20-29)28-52)54-44-19-16-31(22-37(44)39-24-41-35-11-5-7-13-48(35)56-50(41)26-46(39)54)30-15-18-43-36(21-30)38-23-40-34-10-4-6-12-47(34)55-49(40)25-45(38)53(43)33-8-2-1-3-9-33/h1-26H. The highest BCUT2D eigenvalue weighted by molar-refractivity contribution is 6.20. The summed E-state index contributed by atoms with van der Waals surface area (Å²) < 4.78 is 17.2. The zero-order valence-corrected chi connectivity index (χ0v) is 29.6. The first kappa shape index (κ1) is 30.4. The van der Waals surface area contributed by atoms with Crippen LogP contribution >= 0.6 is 0 Å². The molecule has 4 heterocycles. The van der Waals surface area contributed by atoms with E-state index in [0.29, 0.717) is 16.8 Å². The van der Waals surface area contributed by atoms with Gasteiger partial charge >= 0.3 is 0 Å². The number of aromatic nitrogens is 2. The highest BCUT2D eigenvalue weighted by atomic mass is 16.3. The van der Waals surface area contributed by atoms with E-state index in [-0.39, 0.29) is 0 Å². The number of rotatable bonds is 3. The number of para-hydroxylation sites is 3. The van der Waals surface area contributed by atoms with E-state index < -0.39 is 0 Å². The van der Waals surface area contributed by atoms with Gasteiger partial charge in [-0.2, -0.15) is 10.5 Å². The lowest BCUT2D eigenvalue weighted by molar-refractivity contribution is 0.669. The molecule has 56 heavy (non-hydrogen) atoms. The minimum Gasteiger partial charge on any atom is -0.456 e. The molecule has 0 N–H and O–H groups in total. The lowest BCUT2D eigenvalue weighted by Crippen LogP contribution is -1.98. The molecule has 0 atom stereocenters. The molecule has 6 heteroatoms. The van der Waals surface area contributed by atoms with Gasteiger partial charge < -0.3 is 18.0 Å². The Morgan fingerprint density at radius 2 is 0.911 bits per heavy atom. The average molecular weight is 715 g/mol. The lowest BCUT2D eigenvalue weighted by Gasteiger charge is -2.11. The third-order valence-corrected chi connectivity index (χ3v) is 11.4. The molecular weight excluding hydrogens is 689 g/mol. The van der Waals surface area contributed by atoms with Crippen LogP contribution < -0.4 is 0 Å². The largest absolute Gasteiger partial charge is 0.456 e. The molecule has 6 nitrogen and oxygen atoms in total. The number of hydrogen-bond donors (Lipinski definition) is 0. The van der Waals surface area contributed by atoms with Gasteiger partial charge in [-0.1, -0.05) is 66.7 Å². The van der Waals surface area contributed by atoms with E-state index in [2.05, 4.69) is 124 Å². The Morgan fingerprint density at radius 1 is 0.375 bits per heavy atom. The van der Waals surface area contributed by atoms with Crippen molar-refractivity contribution in [3.8, 4) is 34.6 Å². The third-order valence-electron chi connectivity index (χ3n) is 11.4. The Balaban J connectivity index is 1.13. The second kappa shape index (κ2) is 11.2. The van der Waals surface area contributed by atoms with E-state index >= 15 is 0 Å². The van der Waals surface area contributed by atoms with Gasteiger partial charge in [-0.05, 0) is 90.0 Å². The number of furan rings is 2. The van der Waals surface area contributed by atoms with Gasteiger partial charge in [0, 0.05) is 60.9 Å². The maximum absolute atomic E-state index is 10.3. The molecule has 0 aliphatic carbocycles. The van der Waals surface area contributed by atoms with Gasteiger partial charge in [-0.3, -0.25) is 0 Å². The summed E-state index contributed by atoms with van der Waals surface area (Å²) in [5.41, 5.74) is 12.2. The Hall–Kier alpha value is -8.06. The molecule has 258 valence electrons. The zero-order chi connectivity index (χ0) is 37.1. The van der Waals surface area contributed by atoms with Gasteiger partial charge in [0.15, 0.2) is 0 Å². The van der Waals surface area contributed by atoms with E-state index in [0.717, 1.165) is 104 Å². The Labute approximate surface area is 318 Å². The van der Waals surface area contributed by atoms with Gasteiger partial charge in [0.25, 0.3) is 0 Å². The van der Waals surface area contributed by atoms with E-state index in [1.54, 1.807) is 12.1 Å². The fraction of sp³-hybridized carbons (Fsp3) is 0. The molecule has 0 bridgehead atoms. The summed E-state index contributed by atoms with van der Waals surface area (Å²) in [5, 5.41) is 28.6. The van der Waals surface area contributed by atoms with Gasteiger partial charge in [0.1, 0.15) is 28.4 Å². The second-order valence-corrected chi connectivity index (χ2v) is 14.4. The van der Waals surface area contributed by atoms with Crippen molar-refractivity contribution in [3.05, 3.63) is 169 Å². The summed E-state index contributed by atoms with van der Waals surface area (Å²) >= 11 is 0. The van der Waals surface area contributed by atoms with Crippen molar-refractivity contribution in [2.75, 3.05) is 0 Å². The number of fused-ring (bicyclic) bond motifs is 12. The van der Waals surface area contributed by atoms with Crippen molar-refractivity contribution in [2.45, 2.75) is 0 Å². The van der Waals surface area contributed by atoms with Gasteiger partial charge in [0.2, 0.25) is 0 Å². The molecule has 12 rings (SSSR count). The van der Waals surface area contributed by atoms with Gasteiger partial charge in [0.05, 0.1) is 45.0 Å². The Kier molecular flexibility index (Phi) is 6.10. The van der Waals surface area contributed by atoms with Crippen LogP contribution in [0.5, 0.6) is 0 Å². The summed E-state index contributed by atoms with van der Waals surface area (Å²) in [6.07, 6.45) is 0. The topological polar surface area (TPSA) is 83.7 Å². The summed E-state index contributed by atoms with van der Waals surface area (Å²) in [5.74, 6) is 0. The minimum absolute atomic E-state index is 0.427. The molecule has 0 unspecified atom stereocenters. The Bertz CT molecular complexity index is 3730. The minimum atomic E-state index is 0.427. The molecule has 0 saturated carbocycles. The molecular formula is C50H26N4O2. The van der Waals surface area contributed by atoms with E-state index in [1.165, 1.54) is 0 Å². The predicted octanol–water partition coefficient (Wildman–Crippen LogP) is 13.1. The Morgan fingerprint density at radius 3 is 1.50 bits per heavy atom. The molecule has 0 fully saturated rings. The molecule has 12 aromatic rings. The number of benzene rings is 8. The maximum atomic E-state index is 10.3. The van der Waals surface area contributed by atoms with Crippen LogP contribution in [0.2, 0.25) is 0 Å².